The molecule has 4 aliphatic carbocycles. The van der Waals surface area contributed by atoms with Gasteiger partial charge in [-0.3, -0.25) is 0 Å². The Morgan fingerprint density at radius 2 is 1.48 bits per heavy atom. The highest BCUT2D eigenvalue weighted by Gasteiger charge is 2.72. The van der Waals surface area contributed by atoms with Crippen molar-refractivity contribution in [2.45, 2.75) is 129 Å². The molecule has 180 valence electrons. The fourth-order valence-electron chi connectivity index (χ4n) is 9.51. The van der Waals surface area contributed by atoms with E-state index in [1.807, 2.05) is 0 Å². The van der Waals surface area contributed by atoms with E-state index in [-0.39, 0.29) is 23.2 Å². The fourth-order valence-corrected chi connectivity index (χ4v) is 9.51. The second kappa shape index (κ2) is 7.96. The molecule has 0 bridgehead atoms. The standard InChI is InChI=1S/C27H48O4/c1-17(2)7-6-8-18(3)20-9-10-21-24(20,4)13-12-22-25(21,5)16-23(29)27(31)15-19(28)11-14-26(22,27)30/h17-23,28-31H,6-16H2,1-5H3. The lowest BCUT2D eigenvalue weighted by Gasteiger charge is -2.68. The van der Waals surface area contributed by atoms with E-state index in [4.69, 9.17) is 0 Å². The maximum atomic E-state index is 11.9. The summed E-state index contributed by atoms with van der Waals surface area (Å²) in [4.78, 5) is 0. The van der Waals surface area contributed by atoms with Crippen LogP contribution in [0.3, 0.4) is 0 Å². The first-order chi connectivity index (χ1) is 14.4. The summed E-state index contributed by atoms with van der Waals surface area (Å²) in [5.41, 5.74) is -2.78. The molecule has 4 nitrogen and oxygen atoms in total. The van der Waals surface area contributed by atoms with Crippen LogP contribution in [0.15, 0.2) is 0 Å². The Kier molecular flexibility index (Phi) is 6.16. The average Bonchev–Trinajstić information content (AvgIpc) is 3.02. The molecule has 31 heavy (non-hydrogen) atoms. The minimum atomic E-state index is -1.58. The molecule has 0 saturated heterocycles. The molecule has 4 saturated carbocycles. The van der Waals surface area contributed by atoms with Gasteiger partial charge < -0.3 is 20.4 Å². The minimum absolute atomic E-state index is 0.00558. The quantitative estimate of drug-likeness (QED) is 0.505. The Morgan fingerprint density at radius 3 is 2.16 bits per heavy atom. The van der Waals surface area contributed by atoms with E-state index >= 15 is 0 Å². The van der Waals surface area contributed by atoms with Gasteiger partial charge in [-0.05, 0) is 85.4 Å². The van der Waals surface area contributed by atoms with Gasteiger partial charge in [0.15, 0.2) is 0 Å². The summed E-state index contributed by atoms with van der Waals surface area (Å²) >= 11 is 0. The van der Waals surface area contributed by atoms with E-state index < -0.39 is 23.4 Å². The third-order valence-corrected chi connectivity index (χ3v) is 11.0. The zero-order chi connectivity index (χ0) is 22.8. The smallest absolute Gasteiger partial charge is 0.122 e. The van der Waals surface area contributed by atoms with Crippen LogP contribution in [0.4, 0.5) is 0 Å². The molecule has 10 atom stereocenters. The summed E-state index contributed by atoms with van der Waals surface area (Å²) in [5.74, 6) is 2.67. The van der Waals surface area contributed by atoms with E-state index in [0.29, 0.717) is 37.0 Å². The highest BCUT2D eigenvalue weighted by molar-refractivity contribution is 5.22. The van der Waals surface area contributed by atoms with E-state index in [2.05, 4.69) is 34.6 Å². The molecule has 0 radical (unpaired) electrons. The number of hydrogen-bond donors (Lipinski definition) is 4. The molecule has 4 rings (SSSR count). The first-order valence-corrected chi connectivity index (χ1v) is 13.2. The van der Waals surface area contributed by atoms with Crippen LogP contribution in [0.2, 0.25) is 0 Å². The molecular formula is C27H48O4. The van der Waals surface area contributed by atoms with Crippen molar-refractivity contribution in [3.63, 3.8) is 0 Å². The zero-order valence-corrected chi connectivity index (χ0v) is 20.6. The fraction of sp³-hybridized carbons (Fsp3) is 1.00. The van der Waals surface area contributed by atoms with Crippen LogP contribution < -0.4 is 0 Å². The molecule has 0 heterocycles. The maximum Gasteiger partial charge on any atom is 0.122 e. The Bertz CT molecular complexity index is 666. The maximum absolute atomic E-state index is 11.9. The lowest BCUT2D eigenvalue weighted by molar-refractivity contribution is -0.320. The number of fused-ring (bicyclic) bond motifs is 5. The molecule has 0 aliphatic heterocycles. The molecule has 0 aromatic rings. The summed E-state index contributed by atoms with van der Waals surface area (Å²) in [5, 5.41) is 44.8. The topological polar surface area (TPSA) is 80.9 Å². The van der Waals surface area contributed by atoms with Gasteiger partial charge in [0.25, 0.3) is 0 Å². The zero-order valence-electron chi connectivity index (χ0n) is 20.6. The third kappa shape index (κ3) is 3.45. The first kappa shape index (κ1) is 24.0. The van der Waals surface area contributed by atoms with Crippen LogP contribution in [-0.2, 0) is 0 Å². The van der Waals surface area contributed by atoms with Gasteiger partial charge in [0.1, 0.15) is 5.60 Å². The van der Waals surface area contributed by atoms with Crippen LogP contribution in [0.1, 0.15) is 105 Å². The second-order valence-corrected chi connectivity index (χ2v) is 13.1. The Hall–Kier alpha value is -0.160. The van der Waals surface area contributed by atoms with E-state index in [1.165, 1.54) is 32.1 Å². The van der Waals surface area contributed by atoms with Crippen LogP contribution in [0.25, 0.3) is 0 Å². The predicted molar refractivity (Wildman–Crippen MR) is 123 cm³/mol. The molecule has 4 N–H and O–H groups in total. The van der Waals surface area contributed by atoms with Crippen LogP contribution in [0, 0.1) is 40.4 Å². The number of rotatable bonds is 5. The molecule has 10 unspecified atom stereocenters. The van der Waals surface area contributed by atoms with Gasteiger partial charge in [0, 0.05) is 6.42 Å². The summed E-state index contributed by atoms with van der Waals surface area (Å²) in [6, 6.07) is 0. The van der Waals surface area contributed by atoms with E-state index in [0.717, 1.165) is 18.8 Å². The van der Waals surface area contributed by atoms with Gasteiger partial charge in [-0.2, -0.15) is 0 Å². The van der Waals surface area contributed by atoms with Crippen molar-refractivity contribution < 1.29 is 20.4 Å². The lowest BCUT2D eigenvalue weighted by atomic mass is 9.40. The summed E-state index contributed by atoms with van der Waals surface area (Å²) in [6.07, 6.45) is 8.28. The monoisotopic (exact) mass is 436 g/mol. The van der Waals surface area contributed by atoms with Gasteiger partial charge >= 0.3 is 0 Å². The normalized spacial score (nSPS) is 53.0. The molecule has 0 aromatic heterocycles. The minimum Gasteiger partial charge on any atom is -0.393 e. The number of aliphatic hydroxyl groups is 4. The largest absolute Gasteiger partial charge is 0.393 e. The van der Waals surface area contributed by atoms with Crippen molar-refractivity contribution in [1.29, 1.82) is 0 Å². The van der Waals surface area contributed by atoms with Gasteiger partial charge in [-0.15, -0.1) is 0 Å². The Labute approximate surface area is 189 Å². The van der Waals surface area contributed by atoms with Gasteiger partial charge in [-0.25, -0.2) is 0 Å². The SMILES string of the molecule is CC(C)CCCC(C)C1CCC2C1(C)CCC1C2(C)CC(O)C2(O)CC(O)CCC12O. The Balaban J connectivity index is 1.59. The predicted octanol–water partition coefficient (Wildman–Crippen LogP) is 4.67. The highest BCUT2D eigenvalue weighted by Crippen LogP contribution is 2.71. The van der Waals surface area contributed by atoms with Gasteiger partial charge in [0.2, 0.25) is 0 Å². The van der Waals surface area contributed by atoms with Crippen molar-refractivity contribution in [3.05, 3.63) is 0 Å². The van der Waals surface area contributed by atoms with Gasteiger partial charge in [0.05, 0.1) is 17.8 Å². The second-order valence-electron chi connectivity index (χ2n) is 13.1. The lowest BCUT2D eigenvalue weighted by Crippen LogP contribution is -2.76. The summed E-state index contributed by atoms with van der Waals surface area (Å²) < 4.78 is 0. The molecule has 4 heteroatoms. The highest BCUT2D eigenvalue weighted by atomic mass is 16.4. The van der Waals surface area contributed by atoms with Crippen molar-refractivity contribution in [2.24, 2.45) is 40.4 Å². The van der Waals surface area contributed by atoms with E-state index in [1.54, 1.807) is 0 Å². The molecule has 0 amide bonds. The van der Waals surface area contributed by atoms with Crippen LogP contribution in [0.5, 0.6) is 0 Å². The van der Waals surface area contributed by atoms with Crippen molar-refractivity contribution in [2.75, 3.05) is 0 Å². The van der Waals surface area contributed by atoms with Crippen molar-refractivity contribution in [3.8, 4) is 0 Å². The third-order valence-electron chi connectivity index (χ3n) is 11.0. The Morgan fingerprint density at radius 1 is 0.774 bits per heavy atom. The molecule has 0 spiro atoms. The summed E-state index contributed by atoms with van der Waals surface area (Å²) in [6.45, 7) is 11.9. The van der Waals surface area contributed by atoms with Crippen molar-refractivity contribution in [1.82, 2.24) is 0 Å². The van der Waals surface area contributed by atoms with Crippen LogP contribution >= 0.6 is 0 Å². The number of aliphatic hydroxyl groups excluding tert-OH is 2. The molecular weight excluding hydrogens is 388 g/mol. The molecule has 4 aliphatic rings. The molecule has 0 aromatic carbocycles. The average molecular weight is 437 g/mol. The first-order valence-electron chi connectivity index (χ1n) is 13.2. The van der Waals surface area contributed by atoms with Crippen molar-refractivity contribution >= 4 is 0 Å². The van der Waals surface area contributed by atoms with Gasteiger partial charge in [-0.1, -0.05) is 53.9 Å². The molecule has 4 fully saturated rings. The summed E-state index contributed by atoms with van der Waals surface area (Å²) in [7, 11) is 0. The van der Waals surface area contributed by atoms with E-state index in [9.17, 15) is 20.4 Å². The van der Waals surface area contributed by atoms with Crippen LogP contribution in [-0.4, -0.2) is 43.8 Å². The number of hydrogen-bond acceptors (Lipinski definition) is 4.